The minimum Gasteiger partial charge on any atom is -0.466 e. The van der Waals surface area contributed by atoms with E-state index in [9.17, 15) is 4.79 Å². The Morgan fingerprint density at radius 3 is 1.85 bits per heavy atom. The molecule has 200 valence electrons. The fraction of sp³-hybridized carbons (Fsp3) is 0.966. The Labute approximate surface area is 208 Å². The quantitative estimate of drug-likeness (QED) is 0.104. The van der Waals surface area contributed by atoms with Crippen molar-refractivity contribution >= 4 is 5.97 Å². The van der Waals surface area contributed by atoms with Crippen molar-refractivity contribution in [3.63, 3.8) is 0 Å². The lowest BCUT2D eigenvalue weighted by atomic mass is 9.90. The van der Waals surface area contributed by atoms with E-state index in [-0.39, 0.29) is 5.97 Å². The molecule has 1 atom stereocenters. The average molecular weight is 472 g/mol. The highest BCUT2D eigenvalue weighted by Crippen LogP contribution is 2.23. The third kappa shape index (κ3) is 29.4. The average Bonchev–Trinajstić information content (AvgIpc) is 2.84. The molecule has 0 heterocycles. The van der Waals surface area contributed by atoms with E-state index in [1.165, 1.54) is 77.0 Å². The number of rotatable bonds is 25. The van der Waals surface area contributed by atoms with E-state index in [2.05, 4.69) is 19.2 Å². The molecule has 33 heavy (non-hydrogen) atoms. The Hall–Kier alpha value is -0.610. The van der Waals surface area contributed by atoms with Crippen LogP contribution in [-0.2, 0) is 9.53 Å². The second-order valence-corrected chi connectivity index (χ2v) is 9.27. The zero-order valence-corrected chi connectivity index (χ0v) is 23.1. The van der Waals surface area contributed by atoms with Crippen LogP contribution >= 0.6 is 0 Å². The third-order valence-corrected chi connectivity index (χ3v) is 6.21. The number of carbonyl (C=O) groups excluding carboxylic acids is 1. The third-order valence-electron chi connectivity index (χ3n) is 6.21. The van der Waals surface area contributed by atoms with Gasteiger partial charge in [-0.2, -0.15) is 0 Å². The number of hydrogen-bond donors (Lipinski definition) is 2. The van der Waals surface area contributed by atoms with E-state index in [1.807, 2.05) is 13.8 Å². The molecule has 0 saturated carbocycles. The molecule has 2 N–H and O–H groups in total. The summed E-state index contributed by atoms with van der Waals surface area (Å²) in [4.78, 5) is 12.1. The van der Waals surface area contributed by atoms with Crippen LogP contribution in [-0.4, -0.2) is 37.4 Å². The first-order valence-electron chi connectivity index (χ1n) is 14.7. The van der Waals surface area contributed by atoms with Crippen LogP contribution in [0.25, 0.3) is 0 Å². The lowest BCUT2D eigenvalue weighted by Crippen LogP contribution is -2.16. The zero-order valence-electron chi connectivity index (χ0n) is 23.1. The van der Waals surface area contributed by atoms with Crippen LogP contribution in [0.5, 0.6) is 0 Å². The van der Waals surface area contributed by atoms with Crippen LogP contribution in [0.1, 0.15) is 150 Å². The molecule has 0 saturated heterocycles. The second kappa shape index (κ2) is 31.4. The Morgan fingerprint density at radius 1 is 0.697 bits per heavy atom. The van der Waals surface area contributed by atoms with Gasteiger partial charge >= 0.3 is 5.97 Å². The van der Waals surface area contributed by atoms with Crippen LogP contribution in [0.4, 0.5) is 0 Å². The van der Waals surface area contributed by atoms with Crippen molar-refractivity contribution in [1.82, 2.24) is 5.32 Å². The molecule has 0 aliphatic carbocycles. The molecule has 0 radical (unpaired) electrons. The molecular weight excluding hydrogens is 410 g/mol. The zero-order chi connectivity index (χ0) is 24.8. The van der Waals surface area contributed by atoms with E-state index >= 15 is 0 Å². The van der Waals surface area contributed by atoms with Crippen molar-refractivity contribution in [2.24, 2.45) is 5.92 Å². The normalized spacial score (nSPS) is 11.7. The number of ether oxygens (including phenoxy) is 1. The number of nitrogens with one attached hydrogen (secondary N) is 1. The molecule has 0 aromatic carbocycles. The first kappa shape index (κ1) is 34.6. The van der Waals surface area contributed by atoms with Crippen molar-refractivity contribution in [1.29, 1.82) is 0 Å². The van der Waals surface area contributed by atoms with Crippen LogP contribution in [0.15, 0.2) is 0 Å². The number of aliphatic hydroxyl groups is 1. The van der Waals surface area contributed by atoms with Crippen molar-refractivity contribution in [2.75, 3.05) is 26.3 Å². The highest BCUT2D eigenvalue weighted by Gasteiger charge is 2.12. The molecule has 0 aliphatic rings. The van der Waals surface area contributed by atoms with Crippen molar-refractivity contribution in [3.05, 3.63) is 0 Å². The van der Waals surface area contributed by atoms with Gasteiger partial charge in [0.1, 0.15) is 0 Å². The van der Waals surface area contributed by atoms with Crippen molar-refractivity contribution in [3.8, 4) is 0 Å². The van der Waals surface area contributed by atoms with Crippen molar-refractivity contribution < 1.29 is 14.6 Å². The van der Waals surface area contributed by atoms with Gasteiger partial charge in [-0.25, -0.2) is 0 Å². The molecule has 0 bridgehead atoms. The summed E-state index contributed by atoms with van der Waals surface area (Å²) < 4.78 is 5.48. The molecule has 0 spiro atoms. The van der Waals surface area contributed by atoms with Gasteiger partial charge in [0.25, 0.3) is 0 Å². The van der Waals surface area contributed by atoms with E-state index in [4.69, 9.17) is 9.84 Å². The molecule has 1 unspecified atom stereocenters. The summed E-state index contributed by atoms with van der Waals surface area (Å²) in [6.45, 7) is 11.5. The predicted molar refractivity (Wildman–Crippen MR) is 145 cm³/mol. The SMILES string of the molecule is CC.CCCCCCCC(CCCCC)CCC(=O)OCCCCCCNCCCCCO. The Bertz CT molecular complexity index is 363. The number of aliphatic hydroxyl groups excluding tert-OH is 1. The molecular formula is C29H61NO3. The Balaban J connectivity index is 0. The number of hydrogen-bond acceptors (Lipinski definition) is 4. The molecule has 4 heteroatoms. The largest absolute Gasteiger partial charge is 0.466 e. The first-order chi connectivity index (χ1) is 16.2. The van der Waals surface area contributed by atoms with Crippen LogP contribution in [0, 0.1) is 5.92 Å². The number of carbonyl (C=O) groups is 1. The maximum atomic E-state index is 12.1. The molecule has 4 nitrogen and oxygen atoms in total. The van der Waals surface area contributed by atoms with Gasteiger partial charge in [-0.05, 0) is 57.5 Å². The van der Waals surface area contributed by atoms with Gasteiger partial charge < -0.3 is 15.2 Å². The summed E-state index contributed by atoms with van der Waals surface area (Å²) in [6, 6.07) is 0. The summed E-state index contributed by atoms with van der Waals surface area (Å²) in [5.41, 5.74) is 0. The minimum absolute atomic E-state index is 0.0102. The second-order valence-electron chi connectivity index (χ2n) is 9.27. The van der Waals surface area contributed by atoms with Crippen LogP contribution in [0.2, 0.25) is 0 Å². The van der Waals surface area contributed by atoms with Crippen LogP contribution < -0.4 is 5.32 Å². The smallest absolute Gasteiger partial charge is 0.305 e. The molecule has 0 aromatic rings. The van der Waals surface area contributed by atoms with E-state index in [1.54, 1.807) is 0 Å². The standard InChI is InChI=1S/C27H55NO3.C2H6/c1-3-5-7-8-13-19-26(18-12-6-4-2)20-21-27(30)31-25-17-10-9-14-22-28-23-15-11-16-24-29;1-2/h26,28-29H,3-25H2,1-2H3;1-2H3. The van der Waals surface area contributed by atoms with Gasteiger partial charge in [-0.1, -0.05) is 105 Å². The molecule has 0 amide bonds. The predicted octanol–water partition coefficient (Wildman–Crippen LogP) is 8.21. The summed E-state index contributed by atoms with van der Waals surface area (Å²) in [7, 11) is 0. The van der Waals surface area contributed by atoms with Gasteiger partial charge in [0.15, 0.2) is 0 Å². The highest BCUT2D eigenvalue weighted by atomic mass is 16.5. The van der Waals surface area contributed by atoms with Crippen molar-refractivity contribution in [2.45, 2.75) is 150 Å². The summed E-state index contributed by atoms with van der Waals surface area (Å²) >= 11 is 0. The Morgan fingerprint density at radius 2 is 1.21 bits per heavy atom. The highest BCUT2D eigenvalue weighted by molar-refractivity contribution is 5.69. The number of unbranched alkanes of at least 4 members (excludes halogenated alkanes) is 11. The minimum atomic E-state index is 0.0102. The summed E-state index contributed by atoms with van der Waals surface area (Å²) in [5.74, 6) is 0.716. The van der Waals surface area contributed by atoms with E-state index < -0.39 is 0 Å². The van der Waals surface area contributed by atoms with Gasteiger partial charge in [0.05, 0.1) is 6.61 Å². The van der Waals surface area contributed by atoms with Gasteiger partial charge in [-0.15, -0.1) is 0 Å². The summed E-state index contributed by atoms with van der Waals surface area (Å²) in [6.07, 6.45) is 22.4. The van der Waals surface area contributed by atoms with E-state index in [0.29, 0.717) is 25.6 Å². The van der Waals surface area contributed by atoms with Gasteiger partial charge in [0.2, 0.25) is 0 Å². The lowest BCUT2D eigenvalue weighted by molar-refractivity contribution is -0.144. The van der Waals surface area contributed by atoms with Crippen LogP contribution in [0.3, 0.4) is 0 Å². The first-order valence-corrected chi connectivity index (χ1v) is 14.7. The Kier molecular flexibility index (Phi) is 32.9. The fourth-order valence-corrected chi connectivity index (χ4v) is 4.10. The van der Waals surface area contributed by atoms with Gasteiger partial charge in [0, 0.05) is 13.0 Å². The lowest BCUT2D eigenvalue weighted by Gasteiger charge is -2.16. The molecule has 0 aliphatic heterocycles. The maximum Gasteiger partial charge on any atom is 0.305 e. The summed E-state index contributed by atoms with van der Waals surface area (Å²) in [5, 5.41) is 12.2. The fourth-order valence-electron chi connectivity index (χ4n) is 4.10. The molecule has 0 aromatic heterocycles. The maximum absolute atomic E-state index is 12.1. The van der Waals surface area contributed by atoms with Gasteiger partial charge in [-0.3, -0.25) is 4.79 Å². The molecule has 0 rings (SSSR count). The number of esters is 1. The van der Waals surface area contributed by atoms with E-state index in [0.717, 1.165) is 51.6 Å². The topological polar surface area (TPSA) is 58.6 Å². The molecule has 0 fully saturated rings. The monoisotopic (exact) mass is 471 g/mol.